The van der Waals surface area contributed by atoms with E-state index in [1.165, 1.54) is 13.2 Å². The van der Waals surface area contributed by atoms with Crippen LogP contribution in [0, 0.1) is 5.41 Å². The third kappa shape index (κ3) is 3.77. The van der Waals surface area contributed by atoms with Crippen molar-refractivity contribution in [1.29, 1.82) is 0 Å². The minimum atomic E-state index is -4.33. The fourth-order valence-corrected chi connectivity index (χ4v) is 6.76. The molecular formula is C22H22ClN3O7S. The standard InChI is InChI=1S/C22H22ClN3O7S/c1-31-11-18(27)26(34(29,30)19-5-4-17(32-19)20(24)28)14-9-22(10-14)7-12(8-22)21-25-15-6-13(23)2-3-16(15)33-21/h2-6,12,14H,7-11H2,1H3,(H2,24,28). The van der Waals surface area contributed by atoms with Crippen LogP contribution in [0.25, 0.3) is 11.1 Å². The molecule has 2 heterocycles. The molecule has 180 valence electrons. The highest BCUT2D eigenvalue weighted by atomic mass is 35.5. The monoisotopic (exact) mass is 507 g/mol. The van der Waals surface area contributed by atoms with E-state index < -0.39 is 39.6 Å². The normalized spacial score (nSPS) is 24.1. The van der Waals surface area contributed by atoms with Crippen molar-refractivity contribution < 1.29 is 31.6 Å². The maximum Gasteiger partial charge on any atom is 0.300 e. The number of nitrogens with zero attached hydrogens (tertiary/aromatic N) is 2. The molecule has 5 rings (SSSR count). The molecule has 2 aromatic heterocycles. The Labute approximate surface area is 200 Å². The number of benzene rings is 1. The Morgan fingerprint density at radius 3 is 2.59 bits per heavy atom. The first-order valence-electron chi connectivity index (χ1n) is 10.6. The van der Waals surface area contributed by atoms with Crippen molar-refractivity contribution >= 4 is 44.5 Å². The molecule has 0 unspecified atom stereocenters. The van der Waals surface area contributed by atoms with Gasteiger partial charge in [0.05, 0.1) is 0 Å². The van der Waals surface area contributed by atoms with Gasteiger partial charge < -0.3 is 19.3 Å². The lowest BCUT2D eigenvalue weighted by molar-refractivity contribution is -0.138. The number of aromatic nitrogens is 1. The molecule has 1 aromatic carbocycles. The Kier molecular flexibility index (Phi) is 5.45. The SMILES string of the molecule is COCC(=O)N(C1CC2(CC(c3nc4cc(Cl)ccc4o3)C2)C1)S(=O)(=O)c1ccc(C(N)=O)o1. The number of ether oxygens (including phenoxy) is 1. The van der Waals surface area contributed by atoms with E-state index in [1.54, 1.807) is 18.2 Å². The van der Waals surface area contributed by atoms with Crippen molar-refractivity contribution in [2.45, 2.75) is 42.7 Å². The highest BCUT2D eigenvalue weighted by Gasteiger charge is 2.58. The van der Waals surface area contributed by atoms with Crippen LogP contribution in [0.5, 0.6) is 0 Å². The van der Waals surface area contributed by atoms with Gasteiger partial charge in [-0.05, 0) is 61.4 Å². The Morgan fingerprint density at radius 1 is 1.21 bits per heavy atom. The number of carbonyl (C=O) groups is 2. The maximum absolute atomic E-state index is 13.2. The summed E-state index contributed by atoms with van der Waals surface area (Å²) in [5.41, 5.74) is 6.44. The lowest BCUT2D eigenvalue weighted by Crippen LogP contribution is -2.59. The second kappa shape index (κ2) is 8.10. The van der Waals surface area contributed by atoms with Gasteiger partial charge >= 0.3 is 0 Å². The van der Waals surface area contributed by atoms with Crippen LogP contribution in [-0.2, 0) is 19.6 Å². The van der Waals surface area contributed by atoms with Gasteiger partial charge in [-0.3, -0.25) is 9.59 Å². The lowest BCUT2D eigenvalue weighted by atomic mass is 9.50. The van der Waals surface area contributed by atoms with Gasteiger partial charge in [-0.2, -0.15) is 8.42 Å². The molecule has 2 amide bonds. The Morgan fingerprint density at radius 2 is 1.94 bits per heavy atom. The first-order valence-corrected chi connectivity index (χ1v) is 12.5. The fraction of sp³-hybridized carbons (Fsp3) is 0.409. The van der Waals surface area contributed by atoms with Crippen molar-refractivity contribution in [2.75, 3.05) is 13.7 Å². The molecule has 2 saturated carbocycles. The molecule has 2 aliphatic rings. The molecule has 34 heavy (non-hydrogen) atoms. The van der Waals surface area contributed by atoms with E-state index in [1.807, 2.05) is 0 Å². The molecule has 0 aliphatic heterocycles. The van der Waals surface area contributed by atoms with Gasteiger partial charge in [0.15, 0.2) is 17.2 Å². The number of nitrogens with two attached hydrogens (primary N) is 1. The van der Waals surface area contributed by atoms with Gasteiger partial charge in [-0.15, -0.1) is 0 Å². The van der Waals surface area contributed by atoms with Crippen LogP contribution in [0.1, 0.15) is 48.0 Å². The predicted molar refractivity (Wildman–Crippen MR) is 120 cm³/mol. The molecular weight excluding hydrogens is 486 g/mol. The van der Waals surface area contributed by atoms with Crippen LogP contribution in [0.2, 0.25) is 5.02 Å². The number of rotatable bonds is 7. The Bertz CT molecular complexity index is 1380. The maximum atomic E-state index is 13.2. The van der Waals surface area contributed by atoms with E-state index in [9.17, 15) is 18.0 Å². The Hall–Kier alpha value is -2.89. The molecule has 1 spiro atoms. The van der Waals surface area contributed by atoms with Crippen molar-refractivity contribution in [3.05, 3.63) is 47.0 Å². The summed E-state index contributed by atoms with van der Waals surface area (Å²) in [6.07, 6.45) is 2.58. The number of hydrogen-bond acceptors (Lipinski definition) is 8. The molecule has 0 atom stereocenters. The lowest BCUT2D eigenvalue weighted by Gasteiger charge is -2.58. The smallest absolute Gasteiger partial charge is 0.300 e. The average Bonchev–Trinajstić information content (AvgIpc) is 3.35. The minimum absolute atomic E-state index is 0.0870. The highest BCUT2D eigenvalue weighted by molar-refractivity contribution is 7.89. The van der Waals surface area contributed by atoms with Crippen LogP contribution >= 0.6 is 11.6 Å². The zero-order valence-corrected chi connectivity index (χ0v) is 19.8. The topological polar surface area (TPSA) is 146 Å². The molecule has 10 nitrogen and oxygen atoms in total. The highest BCUT2D eigenvalue weighted by Crippen LogP contribution is 2.63. The summed E-state index contributed by atoms with van der Waals surface area (Å²) in [5, 5.41) is 0.0733. The van der Waals surface area contributed by atoms with Crippen molar-refractivity contribution in [2.24, 2.45) is 11.1 Å². The van der Waals surface area contributed by atoms with Crippen molar-refractivity contribution in [1.82, 2.24) is 9.29 Å². The van der Waals surface area contributed by atoms with Gasteiger partial charge in [0, 0.05) is 24.1 Å². The second-order valence-corrected chi connectivity index (χ2v) is 11.1. The molecule has 0 radical (unpaired) electrons. The van der Waals surface area contributed by atoms with Crippen LogP contribution in [0.3, 0.4) is 0 Å². The first kappa shape index (κ1) is 22.9. The summed E-state index contributed by atoms with van der Waals surface area (Å²) in [7, 11) is -3.02. The number of amides is 2. The minimum Gasteiger partial charge on any atom is -0.440 e. The van der Waals surface area contributed by atoms with E-state index in [2.05, 4.69) is 4.98 Å². The molecule has 12 heteroatoms. The summed E-state index contributed by atoms with van der Waals surface area (Å²) in [6.45, 7) is -0.403. The third-order valence-corrected chi connectivity index (χ3v) is 8.58. The van der Waals surface area contributed by atoms with Gasteiger partial charge in [0.2, 0.25) is 5.09 Å². The zero-order chi connectivity index (χ0) is 24.3. The van der Waals surface area contributed by atoms with Crippen LogP contribution in [0.15, 0.2) is 44.3 Å². The molecule has 2 fully saturated rings. The average molecular weight is 508 g/mol. The molecule has 2 aliphatic carbocycles. The molecule has 2 N–H and O–H groups in total. The zero-order valence-electron chi connectivity index (χ0n) is 18.2. The molecule has 0 saturated heterocycles. The van der Waals surface area contributed by atoms with E-state index in [0.717, 1.165) is 23.2 Å². The Balaban J connectivity index is 1.31. The number of methoxy groups -OCH3 is 1. The van der Waals surface area contributed by atoms with Gasteiger partial charge in [0.1, 0.15) is 12.1 Å². The largest absolute Gasteiger partial charge is 0.440 e. The van der Waals surface area contributed by atoms with Gasteiger partial charge in [-0.25, -0.2) is 9.29 Å². The molecule has 0 bridgehead atoms. The van der Waals surface area contributed by atoms with E-state index in [0.29, 0.717) is 34.9 Å². The first-order chi connectivity index (χ1) is 16.1. The van der Waals surface area contributed by atoms with E-state index >= 15 is 0 Å². The number of fused-ring (bicyclic) bond motifs is 1. The second-order valence-electron chi connectivity index (χ2n) is 8.94. The van der Waals surface area contributed by atoms with Crippen molar-refractivity contribution in [3.8, 4) is 0 Å². The summed E-state index contributed by atoms with van der Waals surface area (Å²) >= 11 is 6.02. The number of hydrogen-bond donors (Lipinski definition) is 1. The summed E-state index contributed by atoms with van der Waals surface area (Å²) in [4.78, 5) is 28.6. The number of halogens is 1. The quantitative estimate of drug-likeness (QED) is 0.513. The summed E-state index contributed by atoms with van der Waals surface area (Å²) in [6, 6.07) is 7.02. The number of carbonyl (C=O) groups excluding carboxylic acids is 2. The number of primary amides is 1. The van der Waals surface area contributed by atoms with Crippen LogP contribution in [-0.4, -0.2) is 49.3 Å². The van der Waals surface area contributed by atoms with Crippen molar-refractivity contribution in [3.63, 3.8) is 0 Å². The number of oxazole rings is 1. The van der Waals surface area contributed by atoms with Crippen LogP contribution < -0.4 is 5.73 Å². The van der Waals surface area contributed by atoms with Gasteiger partial charge in [0.25, 0.3) is 21.8 Å². The number of sulfonamides is 1. The predicted octanol–water partition coefficient (Wildman–Crippen LogP) is 3.06. The summed E-state index contributed by atoms with van der Waals surface area (Å²) in [5.74, 6) is -1.15. The van der Waals surface area contributed by atoms with Gasteiger partial charge in [-0.1, -0.05) is 11.6 Å². The molecule has 3 aromatic rings. The summed E-state index contributed by atoms with van der Waals surface area (Å²) < 4.78 is 43.1. The fourth-order valence-electron chi connectivity index (χ4n) is 5.10. The van der Waals surface area contributed by atoms with E-state index in [4.69, 9.17) is 30.9 Å². The van der Waals surface area contributed by atoms with E-state index in [-0.39, 0.29) is 17.1 Å². The third-order valence-electron chi connectivity index (χ3n) is 6.59. The number of furan rings is 1. The van der Waals surface area contributed by atoms with Crippen LogP contribution in [0.4, 0.5) is 0 Å².